The van der Waals surface area contributed by atoms with Crippen molar-refractivity contribution in [3.8, 4) is 0 Å². The molecule has 1 rings (SSSR count). The fourth-order valence-electron chi connectivity index (χ4n) is 1.11. The van der Waals surface area contributed by atoms with Crippen molar-refractivity contribution in [2.24, 2.45) is 0 Å². The molecule has 0 amide bonds. The van der Waals surface area contributed by atoms with Crippen LogP contribution in [0.4, 0.5) is 0 Å². The number of hydrogen-bond acceptors (Lipinski definition) is 9. The third-order valence-corrected chi connectivity index (χ3v) is 5.98. The van der Waals surface area contributed by atoms with Crippen molar-refractivity contribution in [2.75, 3.05) is 27.4 Å². The summed E-state index contributed by atoms with van der Waals surface area (Å²) in [5.74, 6) is 0. The zero-order valence-electron chi connectivity index (χ0n) is 10.1. The second-order valence-corrected chi connectivity index (χ2v) is 7.33. The molecule has 108 valence electrons. The summed E-state index contributed by atoms with van der Waals surface area (Å²) >= 11 is 0. The van der Waals surface area contributed by atoms with Gasteiger partial charge < -0.3 is 10.2 Å². The first-order valence-corrected chi connectivity index (χ1v) is 7.82. The molecule has 0 saturated carbocycles. The highest BCUT2D eigenvalue weighted by molar-refractivity contribution is 7.62. The van der Waals surface area contributed by atoms with Crippen molar-refractivity contribution in [3.63, 3.8) is 0 Å². The molecule has 9 nitrogen and oxygen atoms in total. The predicted molar refractivity (Wildman–Crippen MR) is 58.9 cm³/mol. The van der Waals surface area contributed by atoms with Crippen molar-refractivity contribution in [1.29, 1.82) is 0 Å². The number of aliphatic hydroxyl groups is 2. The summed E-state index contributed by atoms with van der Waals surface area (Å²) in [5.41, 5.74) is -1.65. The van der Waals surface area contributed by atoms with Gasteiger partial charge in [-0.15, -0.1) is 0 Å². The molecule has 0 aromatic carbocycles. The van der Waals surface area contributed by atoms with Gasteiger partial charge in [-0.1, -0.05) is 0 Å². The van der Waals surface area contributed by atoms with Crippen molar-refractivity contribution in [1.82, 2.24) is 0 Å². The van der Waals surface area contributed by atoms with Gasteiger partial charge in [0, 0.05) is 14.2 Å². The van der Waals surface area contributed by atoms with Crippen LogP contribution in [0.5, 0.6) is 0 Å². The minimum Gasteiger partial charge on any atom is -0.393 e. The minimum atomic E-state index is -4.31. The maximum absolute atomic E-state index is 12.0. The largest absolute Gasteiger partial charge is 0.484 e. The summed E-state index contributed by atoms with van der Waals surface area (Å²) in [6.45, 7) is 0.108. The molecular formula is C7H16O9P2. The summed E-state index contributed by atoms with van der Waals surface area (Å²) in [7, 11) is -6.47. The second-order valence-electron chi connectivity index (χ2n) is 3.71. The normalized spacial score (nSPS) is 46.4. The van der Waals surface area contributed by atoms with E-state index in [2.05, 4.69) is 13.4 Å². The van der Waals surface area contributed by atoms with Crippen molar-refractivity contribution in [3.05, 3.63) is 0 Å². The van der Waals surface area contributed by atoms with E-state index in [1.165, 1.54) is 6.92 Å². The third kappa shape index (κ3) is 3.39. The lowest BCUT2D eigenvalue weighted by Gasteiger charge is -2.37. The van der Waals surface area contributed by atoms with Crippen LogP contribution in [-0.4, -0.2) is 49.4 Å². The molecule has 1 aliphatic heterocycles. The van der Waals surface area contributed by atoms with Gasteiger partial charge in [-0.25, -0.2) is 9.13 Å². The van der Waals surface area contributed by atoms with Crippen molar-refractivity contribution in [2.45, 2.75) is 18.6 Å². The topological polar surface area (TPSA) is 121 Å². The monoisotopic (exact) mass is 306 g/mol. The molecule has 0 aliphatic carbocycles. The molecule has 0 radical (unpaired) electrons. The van der Waals surface area contributed by atoms with Crippen LogP contribution in [0.3, 0.4) is 0 Å². The van der Waals surface area contributed by atoms with Gasteiger partial charge in [0.2, 0.25) is 0 Å². The molecule has 1 heterocycles. The average Bonchev–Trinajstić information content (AvgIpc) is 2.34. The smallest absolute Gasteiger partial charge is 0.393 e. The lowest BCUT2D eigenvalue weighted by molar-refractivity contribution is -0.111. The predicted octanol–water partition coefficient (Wildman–Crippen LogP) is 0.671. The van der Waals surface area contributed by atoms with E-state index in [0.29, 0.717) is 0 Å². The van der Waals surface area contributed by atoms with Crippen molar-refractivity contribution >= 4 is 15.6 Å². The second kappa shape index (κ2) is 5.66. The lowest BCUT2D eigenvalue weighted by atomic mass is 10.0. The Morgan fingerprint density at radius 1 is 1.33 bits per heavy atom. The Labute approximate surface area is 104 Å². The molecule has 0 aromatic rings. The number of rotatable bonds is 3. The van der Waals surface area contributed by atoms with Crippen LogP contribution in [0.25, 0.3) is 0 Å². The first-order valence-electron chi connectivity index (χ1n) is 4.89. The first-order chi connectivity index (χ1) is 8.22. The van der Waals surface area contributed by atoms with Gasteiger partial charge in [-0.2, -0.15) is 4.31 Å². The van der Waals surface area contributed by atoms with Crippen LogP contribution < -0.4 is 0 Å². The van der Waals surface area contributed by atoms with Gasteiger partial charge in [-0.3, -0.25) is 18.1 Å². The molecule has 1 saturated heterocycles. The van der Waals surface area contributed by atoms with Gasteiger partial charge >= 0.3 is 15.6 Å². The number of phosphoric ester groups is 2. The van der Waals surface area contributed by atoms with Gasteiger partial charge in [-0.05, 0) is 6.92 Å². The van der Waals surface area contributed by atoms with Crippen LogP contribution in [0, 0.1) is 0 Å². The van der Waals surface area contributed by atoms with E-state index in [1.807, 2.05) is 0 Å². The highest BCUT2D eigenvalue weighted by Gasteiger charge is 2.50. The number of aliphatic hydroxyl groups excluding tert-OH is 2. The van der Waals surface area contributed by atoms with Gasteiger partial charge in [0.15, 0.2) is 0 Å². The molecule has 4 atom stereocenters. The van der Waals surface area contributed by atoms with Crippen LogP contribution in [0.15, 0.2) is 0 Å². The van der Waals surface area contributed by atoms with Crippen LogP contribution >= 0.6 is 15.6 Å². The first kappa shape index (κ1) is 16.2. The SMILES string of the molecule is COP1(=O)OC[C@@H](O)[C@](C)(CO)OP(=O)(OC)O1. The quantitative estimate of drug-likeness (QED) is 0.724. The average molecular weight is 306 g/mol. The Morgan fingerprint density at radius 3 is 2.33 bits per heavy atom. The zero-order chi connectivity index (χ0) is 14.0. The Bertz CT molecular complexity index is 385. The molecule has 1 aliphatic rings. The summed E-state index contributed by atoms with van der Waals surface area (Å²) < 4.78 is 47.2. The van der Waals surface area contributed by atoms with E-state index in [9.17, 15) is 19.3 Å². The van der Waals surface area contributed by atoms with Crippen LogP contribution in [-0.2, 0) is 31.5 Å². The van der Waals surface area contributed by atoms with Gasteiger partial charge in [0.05, 0.1) is 13.2 Å². The van der Waals surface area contributed by atoms with E-state index in [1.54, 1.807) is 0 Å². The van der Waals surface area contributed by atoms with E-state index in [-0.39, 0.29) is 0 Å². The number of hydrogen-bond donors (Lipinski definition) is 2. The molecule has 0 aromatic heterocycles. The van der Waals surface area contributed by atoms with Gasteiger partial charge in [0.1, 0.15) is 11.7 Å². The third-order valence-electron chi connectivity index (χ3n) is 2.38. The Balaban J connectivity index is 3.10. The molecule has 2 unspecified atom stereocenters. The lowest BCUT2D eigenvalue weighted by Crippen LogP contribution is -2.48. The molecule has 0 bridgehead atoms. The highest BCUT2D eigenvalue weighted by atomic mass is 31.3. The fraction of sp³-hybridized carbons (Fsp3) is 1.00. The van der Waals surface area contributed by atoms with E-state index < -0.39 is 40.6 Å². The highest BCUT2D eigenvalue weighted by Crippen LogP contribution is 2.67. The molecule has 18 heavy (non-hydrogen) atoms. The van der Waals surface area contributed by atoms with Crippen LogP contribution in [0.1, 0.15) is 6.92 Å². The van der Waals surface area contributed by atoms with E-state index in [0.717, 1.165) is 14.2 Å². The van der Waals surface area contributed by atoms with Gasteiger partial charge in [0.25, 0.3) is 0 Å². The number of phosphoric acid groups is 2. The van der Waals surface area contributed by atoms with E-state index >= 15 is 0 Å². The Morgan fingerprint density at radius 2 is 1.89 bits per heavy atom. The maximum Gasteiger partial charge on any atom is 0.484 e. The standard InChI is InChI=1S/C7H16O9P2/c1-7(5-8)6(9)4-14-17(10,12-2)16-18(11,13-3)15-7/h6,8-9H,4-5H2,1-3H3/t6-,7+,17?,18?/m1/s1. The van der Waals surface area contributed by atoms with Crippen LogP contribution in [0.2, 0.25) is 0 Å². The summed E-state index contributed by atoms with van der Waals surface area (Å²) in [6, 6.07) is 0. The minimum absolute atomic E-state index is 0.494. The molecule has 11 heteroatoms. The maximum atomic E-state index is 12.0. The van der Waals surface area contributed by atoms with Crippen molar-refractivity contribution < 1.29 is 41.7 Å². The fourth-order valence-corrected chi connectivity index (χ4v) is 4.14. The zero-order valence-corrected chi connectivity index (χ0v) is 11.9. The summed E-state index contributed by atoms with van der Waals surface area (Å²) in [4.78, 5) is 0. The Kier molecular flexibility index (Phi) is 5.11. The molecule has 2 N–H and O–H groups in total. The van der Waals surface area contributed by atoms with E-state index in [4.69, 9.17) is 9.05 Å². The molecular weight excluding hydrogens is 290 g/mol. The Hall–Kier alpha value is 0.180. The summed E-state index contributed by atoms with van der Waals surface area (Å²) in [6.07, 6.45) is -1.40. The molecule has 1 fully saturated rings. The summed E-state index contributed by atoms with van der Waals surface area (Å²) in [5, 5.41) is 18.9. The molecule has 0 spiro atoms.